The highest BCUT2D eigenvalue weighted by atomic mass is 35.5. The predicted octanol–water partition coefficient (Wildman–Crippen LogP) is 4.01. The number of aromatic nitrogens is 4. The lowest BCUT2D eigenvalue weighted by Gasteiger charge is -2.22. The van der Waals surface area contributed by atoms with E-state index in [0.717, 1.165) is 41.8 Å². The second-order valence-electron chi connectivity index (χ2n) is 6.77. The standard InChI is InChI=1S/C19H18FN5OS.ClH/c1-11-9-25-10-12(6-14(20)18(25)23-11)15-7-17-16(8-22-15)24-19(27-17)26-13-2-4-21-5-3-13;/h6-10,13,21H,2-5H2,1H3;1H. The van der Waals surface area contributed by atoms with Crippen LogP contribution in [0.2, 0.25) is 0 Å². The van der Waals surface area contributed by atoms with E-state index < -0.39 is 0 Å². The molecule has 0 saturated carbocycles. The minimum absolute atomic E-state index is 0. The number of pyridine rings is 2. The Labute approximate surface area is 171 Å². The Morgan fingerprint density at radius 1 is 1.21 bits per heavy atom. The third-order valence-corrected chi connectivity index (χ3v) is 5.64. The molecule has 5 heterocycles. The van der Waals surface area contributed by atoms with Crippen LogP contribution in [0, 0.1) is 12.7 Å². The van der Waals surface area contributed by atoms with Gasteiger partial charge >= 0.3 is 0 Å². The predicted molar refractivity (Wildman–Crippen MR) is 110 cm³/mol. The van der Waals surface area contributed by atoms with Gasteiger partial charge in [0.25, 0.3) is 5.19 Å². The Kier molecular flexibility index (Phi) is 5.18. The highest BCUT2D eigenvalue weighted by molar-refractivity contribution is 7.20. The fourth-order valence-electron chi connectivity index (χ4n) is 3.39. The van der Waals surface area contributed by atoms with Crippen LogP contribution in [0.15, 0.2) is 30.7 Å². The average Bonchev–Trinajstić information content (AvgIpc) is 3.24. The van der Waals surface area contributed by atoms with Crippen molar-refractivity contribution in [2.45, 2.75) is 25.9 Å². The van der Waals surface area contributed by atoms with Gasteiger partial charge in [-0.1, -0.05) is 11.3 Å². The van der Waals surface area contributed by atoms with E-state index in [1.165, 1.54) is 17.4 Å². The lowest BCUT2D eigenvalue weighted by Crippen LogP contribution is -2.34. The zero-order valence-electron chi connectivity index (χ0n) is 15.2. The Bertz CT molecular complexity index is 1140. The van der Waals surface area contributed by atoms with E-state index in [1.54, 1.807) is 16.8 Å². The number of nitrogens with zero attached hydrogens (tertiary/aromatic N) is 4. The normalized spacial score (nSPS) is 15.1. The molecule has 0 aromatic carbocycles. The smallest absolute Gasteiger partial charge is 0.274 e. The largest absolute Gasteiger partial charge is 0.467 e. The summed E-state index contributed by atoms with van der Waals surface area (Å²) in [7, 11) is 0. The van der Waals surface area contributed by atoms with E-state index in [1.807, 2.05) is 19.2 Å². The molecule has 6 nitrogen and oxygen atoms in total. The van der Waals surface area contributed by atoms with Crippen molar-refractivity contribution in [1.29, 1.82) is 0 Å². The number of halogens is 2. The molecule has 1 fully saturated rings. The summed E-state index contributed by atoms with van der Waals surface area (Å²) in [6.07, 6.45) is 7.56. The topological polar surface area (TPSA) is 64.3 Å². The van der Waals surface area contributed by atoms with E-state index in [-0.39, 0.29) is 24.3 Å². The van der Waals surface area contributed by atoms with E-state index in [0.29, 0.717) is 22.1 Å². The second-order valence-corrected chi connectivity index (χ2v) is 7.77. The van der Waals surface area contributed by atoms with Crippen LogP contribution in [0.5, 0.6) is 5.19 Å². The van der Waals surface area contributed by atoms with Gasteiger partial charge in [0.1, 0.15) is 11.6 Å². The Morgan fingerprint density at radius 2 is 2.04 bits per heavy atom. The number of piperidine rings is 1. The molecule has 0 unspecified atom stereocenters. The van der Waals surface area contributed by atoms with Crippen molar-refractivity contribution in [3.63, 3.8) is 0 Å². The van der Waals surface area contributed by atoms with Crippen molar-refractivity contribution in [1.82, 2.24) is 24.7 Å². The number of imidazole rings is 1. The number of fused-ring (bicyclic) bond motifs is 2. The van der Waals surface area contributed by atoms with Gasteiger partial charge in [0.05, 0.1) is 22.3 Å². The SMILES string of the molecule is Cc1cn2cc(-c3cc4sc(OC5CCNCC5)nc4cn3)cc(F)c2n1.Cl. The third-order valence-electron chi connectivity index (χ3n) is 4.73. The monoisotopic (exact) mass is 419 g/mol. The van der Waals surface area contributed by atoms with Gasteiger partial charge in [-0.2, -0.15) is 0 Å². The van der Waals surface area contributed by atoms with Gasteiger partial charge in [-0.3, -0.25) is 4.98 Å². The van der Waals surface area contributed by atoms with Crippen molar-refractivity contribution in [3.8, 4) is 16.5 Å². The van der Waals surface area contributed by atoms with Crippen molar-refractivity contribution in [2.75, 3.05) is 13.1 Å². The first kappa shape index (κ1) is 19.0. The molecule has 5 rings (SSSR count). The summed E-state index contributed by atoms with van der Waals surface area (Å²) < 4.78 is 23.1. The van der Waals surface area contributed by atoms with Crippen LogP contribution in [0.3, 0.4) is 0 Å². The number of ether oxygens (including phenoxy) is 1. The molecule has 1 aliphatic rings. The third kappa shape index (κ3) is 3.55. The van der Waals surface area contributed by atoms with E-state index >= 15 is 0 Å². The van der Waals surface area contributed by atoms with Gasteiger partial charge < -0.3 is 14.5 Å². The minimum atomic E-state index is -0.360. The molecule has 1 saturated heterocycles. The summed E-state index contributed by atoms with van der Waals surface area (Å²) in [5.74, 6) is -0.360. The second kappa shape index (κ2) is 7.62. The number of nitrogens with one attached hydrogen (secondary N) is 1. The summed E-state index contributed by atoms with van der Waals surface area (Å²) >= 11 is 1.51. The van der Waals surface area contributed by atoms with E-state index in [4.69, 9.17) is 4.74 Å². The quantitative estimate of drug-likeness (QED) is 0.543. The molecule has 0 atom stereocenters. The van der Waals surface area contributed by atoms with Gasteiger partial charge in [-0.15, -0.1) is 12.4 Å². The fraction of sp³-hybridized carbons (Fsp3) is 0.316. The van der Waals surface area contributed by atoms with Crippen molar-refractivity contribution < 1.29 is 9.13 Å². The Morgan fingerprint density at radius 3 is 2.86 bits per heavy atom. The van der Waals surface area contributed by atoms with Gasteiger partial charge in [0.2, 0.25) is 0 Å². The molecule has 0 amide bonds. The van der Waals surface area contributed by atoms with Crippen molar-refractivity contribution in [3.05, 3.63) is 42.2 Å². The molecule has 4 aromatic rings. The molecule has 4 aromatic heterocycles. The van der Waals surface area contributed by atoms with Crippen LogP contribution in [0.4, 0.5) is 4.39 Å². The van der Waals surface area contributed by atoms with Gasteiger partial charge in [0, 0.05) is 18.0 Å². The van der Waals surface area contributed by atoms with Crippen LogP contribution in [-0.4, -0.2) is 38.5 Å². The number of rotatable bonds is 3. The van der Waals surface area contributed by atoms with E-state index in [9.17, 15) is 4.39 Å². The molecule has 0 radical (unpaired) electrons. The zero-order chi connectivity index (χ0) is 18.4. The summed E-state index contributed by atoms with van der Waals surface area (Å²) in [6, 6.07) is 3.41. The lowest BCUT2D eigenvalue weighted by molar-refractivity contribution is 0.162. The minimum Gasteiger partial charge on any atom is -0.467 e. The maximum atomic E-state index is 14.4. The van der Waals surface area contributed by atoms with Crippen LogP contribution in [-0.2, 0) is 0 Å². The maximum absolute atomic E-state index is 14.4. The van der Waals surface area contributed by atoms with Crippen LogP contribution < -0.4 is 10.1 Å². The summed E-state index contributed by atoms with van der Waals surface area (Å²) in [5.41, 5.74) is 3.30. The molecule has 1 N–H and O–H groups in total. The molecule has 9 heteroatoms. The first-order valence-electron chi connectivity index (χ1n) is 8.95. The van der Waals surface area contributed by atoms with Crippen LogP contribution in [0.25, 0.3) is 27.1 Å². The Hall–Kier alpha value is -2.29. The zero-order valence-corrected chi connectivity index (χ0v) is 16.8. The molecular weight excluding hydrogens is 401 g/mol. The summed E-state index contributed by atoms with van der Waals surface area (Å²) in [5, 5.41) is 4.00. The van der Waals surface area contributed by atoms with Gasteiger partial charge in [-0.25, -0.2) is 14.4 Å². The highest BCUT2D eigenvalue weighted by Gasteiger charge is 2.17. The molecule has 0 aliphatic carbocycles. The fourth-order valence-corrected chi connectivity index (χ4v) is 4.28. The van der Waals surface area contributed by atoms with Crippen LogP contribution >= 0.6 is 23.7 Å². The van der Waals surface area contributed by atoms with Gasteiger partial charge in [0.15, 0.2) is 11.5 Å². The van der Waals surface area contributed by atoms with Gasteiger partial charge in [-0.05, 0) is 45.0 Å². The maximum Gasteiger partial charge on any atom is 0.274 e. The number of hydrogen-bond acceptors (Lipinski definition) is 6. The highest BCUT2D eigenvalue weighted by Crippen LogP contribution is 2.32. The Balaban J connectivity index is 0.00000192. The molecule has 1 aliphatic heterocycles. The first-order chi connectivity index (χ1) is 13.2. The molecule has 0 spiro atoms. The average molecular weight is 420 g/mol. The molecule has 28 heavy (non-hydrogen) atoms. The number of thiazole rings is 1. The van der Waals surface area contributed by atoms with Crippen molar-refractivity contribution in [2.24, 2.45) is 0 Å². The van der Waals surface area contributed by atoms with Crippen LogP contribution in [0.1, 0.15) is 18.5 Å². The van der Waals surface area contributed by atoms with E-state index in [2.05, 4.69) is 20.3 Å². The number of aryl methyl sites for hydroxylation is 1. The molecular formula is C19H19ClFN5OS. The lowest BCUT2D eigenvalue weighted by atomic mass is 10.1. The summed E-state index contributed by atoms with van der Waals surface area (Å²) in [4.78, 5) is 13.2. The molecule has 0 bridgehead atoms. The summed E-state index contributed by atoms with van der Waals surface area (Å²) in [6.45, 7) is 3.80. The first-order valence-corrected chi connectivity index (χ1v) is 9.76. The molecule has 146 valence electrons. The van der Waals surface area contributed by atoms with Crippen molar-refractivity contribution >= 4 is 39.6 Å². The number of hydrogen-bond donors (Lipinski definition) is 1.